The number of rotatable bonds is 6. The first-order chi connectivity index (χ1) is 16.3. The molecule has 2 aromatic rings. The van der Waals surface area contributed by atoms with E-state index in [1.54, 1.807) is 11.8 Å². The highest BCUT2D eigenvalue weighted by Gasteiger charge is 2.49. The first-order valence-corrected chi connectivity index (χ1v) is 11.5. The first-order valence-electron chi connectivity index (χ1n) is 11.5. The van der Waals surface area contributed by atoms with Gasteiger partial charge in [-0.25, -0.2) is 14.6 Å². The number of benzene rings is 1. The van der Waals surface area contributed by atoms with Crippen LogP contribution in [-0.2, 0) is 20.9 Å². The minimum atomic E-state index is -0.697. The smallest absolute Gasteiger partial charge is 0.407 e. The molecule has 3 atom stereocenters. The molecule has 1 aliphatic heterocycles. The summed E-state index contributed by atoms with van der Waals surface area (Å²) in [5.74, 6) is -1.34. The number of hydrogen-bond acceptors (Lipinski definition) is 7. The van der Waals surface area contributed by atoms with Crippen LogP contribution in [0.1, 0.15) is 61.3 Å². The number of carbonyl (C=O) groups excluding carboxylic acids is 3. The van der Waals surface area contributed by atoms with E-state index < -0.39 is 24.0 Å². The fourth-order valence-electron chi connectivity index (χ4n) is 4.75. The van der Waals surface area contributed by atoms with Gasteiger partial charge in [-0.15, -0.1) is 0 Å². The van der Waals surface area contributed by atoms with E-state index in [1.807, 2.05) is 37.3 Å². The molecule has 4 rings (SSSR count). The summed E-state index contributed by atoms with van der Waals surface area (Å²) in [6, 6.07) is 9.95. The van der Waals surface area contributed by atoms with Crippen LogP contribution < -0.4 is 10.2 Å². The van der Waals surface area contributed by atoms with Crippen LogP contribution in [0.5, 0.6) is 5.88 Å². The predicted molar refractivity (Wildman–Crippen MR) is 123 cm³/mol. The number of pyridine rings is 1. The lowest BCUT2D eigenvalue weighted by Gasteiger charge is -2.45. The van der Waals surface area contributed by atoms with Crippen LogP contribution in [-0.4, -0.2) is 40.7 Å². The fraction of sp³-hybridized carbons (Fsp3) is 0.440. The van der Waals surface area contributed by atoms with E-state index in [0.717, 1.165) is 18.4 Å². The summed E-state index contributed by atoms with van der Waals surface area (Å²) in [7, 11) is 0. The average Bonchev–Trinajstić information content (AvgIpc) is 3.65. The number of anilines is 1. The summed E-state index contributed by atoms with van der Waals surface area (Å²) in [6.07, 6.45) is 1.27. The number of alkyl carbamates (subject to hydrolysis) is 1. The topological polar surface area (TPSA) is 118 Å². The Bertz CT molecular complexity index is 1090. The van der Waals surface area contributed by atoms with Crippen molar-refractivity contribution in [3.8, 4) is 5.88 Å². The number of ether oxygens (including phenoxy) is 2. The normalized spacial score (nSPS) is 21.4. The van der Waals surface area contributed by atoms with Gasteiger partial charge in [-0.3, -0.25) is 4.79 Å². The van der Waals surface area contributed by atoms with Crippen LogP contribution in [0, 0.1) is 11.8 Å². The molecule has 0 spiro atoms. The summed E-state index contributed by atoms with van der Waals surface area (Å²) in [6.45, 7) is 5.30. The largest absolute Gasteiger partial charge is 0.492 e. The van der Waals surface area contributed by atoms with E-state index in [-0.39, 0.29) is 48.4 Å². The van der Waals surface area contributed by atoms with Crippen LogP contribution in [0.25, 0.3) is 0 Å². The summed E-state index contributed by atoms with van der Waals surface area (Å²) in [5, 5.41) is 13.7. The Balaban J connectivity index is 1.69. The molecule has 0 saturated heterocycles. The highest BCUT2D eigenvalue weighted by molar-refractivity contribution is 5.97. The second kappa shape index (κ2) is 9.70. The Morgan fingerprint density at radius 3 is 2.50 bits per heavy atom. The maximum atomic E-state index is 12.8. The maximum absolute atomic E-state index is 12.8. The lowest BCUT2D eigenvalue weighted by atomic mass is 9.80. The van der Waals surface area contributed by atoms with Crippen molar-refractivity contribution < 1.29 is 29.0 Å². The number of nitrogens with zero attached hydrogens (tertiary/aromatic N) is 2. The molecule has 9 nitrogen and oxygen atoms in total. The molecule has 2 N–H and O–H groups in total. The minimum absolute atomic E-state index is 0.0943. The van der Waals surface area contributed by atoms with Crippen molar-refractivity contribution in [2.24, 2.45) is 11.8 Å². The van der Waals surface area contributed by atoms with Crippen molar-refractivity contribution in [2.45, 2.75) is 52.3 Å². The number of nitrogens with one attached hydrogen (secondary N) is 1. The van der Waals surface area contributed by atoms with Gasteiger partial charge in [0.1, 0.15) is 12.3 Å². The minimum Gasteiger partial charge on any atom is -0.492 e. The van der Waals surface area contributed by atoms with Crippen molar-refractivity contribution in [1.29, 1.82) is 0 Å². The van der Waals surface area contributed by atoms with Gasteiger partial charge in [-0.1, -0.05) is 37.3 Å². The zero-order chi connectivity index (χ0) is 24.4. The van der Waals surface area contributed by atoms with Crippen molar-refractivity contribution in [2.75, 3.05) is 11.5 Å². The SMILES string of the molecule is CCOC(=O)c1cc2c(c(O)n1)N(C(C)=O)[C@@H](C1CC1)[C@H](C)[C@H]2NC(=O)OCc1ccccc1. The molecule has 1 fully saturated rings. The van der Waals surface area contributed by atoms with E-state index in [9.17, 15) is 19.5 Å². The van der Waals surface area contributed by atoms with E-state index in [2.05, 4.69) is 10.3 Å². The van der Waals surface area contributed by atoms with Gasteiger partial charge in [0, 0.05) is 24.4 Å². The third-order valence-electron chi connectivity index (χ3n) is 6.36. The molecule has 180 valence electrons. The van der Waals surface area contributed by atoms with Crippen molar-refractivity contribution >= 4 is 23.7 Å². The van der Waals surface area contributed by atoms with Crippen molar-refractivity contribution in [3.63, 3.8) is 0 Å². The molecule has 9 heteroatoms. The first kappa shape index (κ1) is 23.5. The summed E-state index contributed by atoms with van der Waals surface area (Å²) >= 11 is 0. The average molecular weight is 468 g/mol. The quantitative estimate of drug-likeness (QED) is 0.622. The number of amides is 2. The zero-order valence-corrected chi connectivity index (χ0v) is 19.5. The third kappa shape index (κ3) is 4.69. The Morgan fingerprint density at radius 2 is 1.88 bits per heavy atom. The van der Waals surface area contributed by atoms with Crippen LogP contribution in [0.15, 0.2) is 36.4 Å². The van der Waals surface area contributed by atoms with Crippen LogP contribution in [0.4, 0.5) is 10.5 Å². The molecule has 34 heavy (non-hydrogen) atoms. The van der Waals surface area contributed by atoms with E-state index in [4.69, 9.17) is 9.47 Å². The van der Waals surface area contributed by atoms with Gasteiger partial charge in [-0.2, -0.15) is 0 Å². The van der Waals surface area contributed by atoms with Gasteiger partial charge in [0.25, 0.3) is 0 Å². The Kier molecular flexibility index (Phi) is 6.72. The lowest BCUT2D eigenvalue weighted by Crippen LogP contribution is -2.53. The molecule has 2 heterocycles. The third-order valence-corrected chi connectivity index (χ3v) is 6.36. The maximum Gasteiger partial charge on any atom is 0.407 e. The van der Waals surface area contributed by atoms with Gasteiger partial charge in [-0.05, 0) is 37.3 Å². The molecular weight excluding hydrogens is 438 g/mol. The van der Waals surface area contributed by atoms with Gasteiger partial charge in [0.2, 0.25) is 11.8 Å². The molecule has 2 amide bonds. The van der Waals surface area contributed by atoms with Crippen LogP contribution in [0.3, 0.4) is 0 Å². The van der Waals surface area contributed by atoms with Gasteiger partial charge in [0.15, 0.2) is 5.69 Å². The van der Waals surface area contributed by atoms with Crippen LogP contribution >= 0.6 is 0 Å². The Labute approximate surface area is 198 Å². The van der Waals surface area contributed by atoms with Crippen molar-refractivity contribution in [3.05, 3.63) is 53.2 Å². The van der Waals surface area contributed by atoms with Gasteiger partial charge in [0.05, 0.1) is 12.6 Å². The van der Waals surface area contributed by atoms with Crippen LogP contribution in [0.2, 0.25) is 0 Å². The predicted octanol–water partition coefficient (Wildman–Crippen LogP) is 3.71. The summed E-state index contributed by atoms with van der Waals surface area (Å²) in [4.78, 5) is 43.4. The molecule has 1 saturated carbocycles. The fourth-order valence-corrected chi connectivity index (χ4v) is 4.75. The number of aromatic hydroxyl groups is 1. The number of aromatic nitrogens is 1. The molecule has 1 aromatic carbocycles. The zero-order valence-electron chi connectivity index (χ0n) is 19.5. The Hall–Kier alpha value is -3.62. The molecule has 2 aliphatic rings. The van der Waals surface area contributed by atoms with E-state index in [0.29, 0.717) is 5.56 Å². The molecule has 1 aromatic heterocycles. The standard InChI is InChI=1S/C25H29N3O6/c1-4-33-24(31)19-12-18-20(27-25(32)34-13-16-8-6-5-7-9-16)14(2)21(17-10-11-17)28(15(3)29)22(18)23(30)26-19/h5-9,12,14,17,20-21H,4,10-11,13H2,1-3H3,(H,26,30)(H,27,32)/t14-,20-,21-/m1/s1. The second-order valence-corrected chi connectivity index (χ2v) is 8.75. The Morgan fingerprint density at radius 1 is 1.18 bits per heavy atom. The van der Waals surface area contributed by atoms with Gasteiger partial charge < -0.3 is 24.8 Å². The van der Waals surface area contributed by atoms with E-state index >= 15 is 0 Å². The monoisotopic (exact) mass is 467 g/mol. The number of esters is 1. The molecule has 0 bridgehead atoms. The summed E-state index contributed by atoms with van der Waals surface area (Å²) in [5.41, 5.74) is 1.39. The molecule has 0 radical (unpaired) electrons. The highest BCUT2D eigenvalue weighted by Crippen LogP contribution is 2.51. The highest BCUT2D eigenvalue weighted by atomic mass is 16.5. The van der Waals surface area contributed by atoms with E-state index in [1.165, 1.54) is 13.0 Å². The number of fused-ring (bicyclic) bond motifs is 1. The molecule has 1 aliphatic carbocycles. The lowest BCUT2D eigenvalue weighted by molar-refractivity contribution is -0.117. The number of hydrogen-bond donors (Lipinski definition) is 2. The van der Waals surface area contributed by atoms with Gasteiger partial charge >= 0.3 is 12.1 Å². The second-order valence-electron chi connectivity index (χ2n) is 8.75. The number of carbonyl (C=O) groups is 3. The molecular formula is C25H29N3O6. The molecule has 0 unspecified atom stereocenters. The summed E-state index contributed by atoms with van der Waals surface area (Å²) < 4.78 is 10.5. The van der Waals surface area contributed by atoms with Crippen molar-refractivity contribution in [1.82, 2.24) is 10.3 Å².